The molecule has 6 saturated carbocycles. The van der Waals surface area contributed by atoms with E-state index in [0.29, 0.717) is 18.0 Å². The van der Waals surface area contributed by atoms with Crippen molar-refractivity contribution in [3.05, 3.63) is 21.0 Å². The second kappa shape index (κ2) is 3.11. The second-order valence-corrected chi connectivity index (χ2v) is 11.2. The molecule has 2 aliphatic heterocycles. The fourth-order valence-corrected chi connectivity index (χ4v) is 9.82. The zero-order chi connectivity index (χ0) is 16.8. The minimum atomic E-state index is 0.0280. The molecule has 5 nitrogen and oxygen atoms in total. The molecule has 0 radical (unpaired) electrons. The van der Waals surface area contributed by atoms with E-state index < -0.39 is 0 Å². The molecule has 3 heterocycles. The van der Waals surface area contributed by atoms with Gasteiger partial charge in [0, 0.05) is 6.04 Å². The van der Waals surface area contributed by atoms with Gasteiger partial charge in [-0.25, -0.2) is 23.5 Å². The average Bonchev–Trinajstić information content (AvgIpc) is 2.99. The van der Waals surface area contributed by atoms with Crippen molar-refractivity contribution in [2.75, 3.05) is 0 Å². The molecule has 25 heavy (non-hydrogen) atoms. The second-order valence-electron chi connectivity index (χ2n) is 11.2. The van der Waals surface area contributed by atoms with Crippen LogP contribution in [0.15, 0.2) is 9.59 Å². The molecule has 1 aromatic heterocycles. The molecule has 4 bridgehead atoms. The lowest BCUT2D eigenvalue weighted by Gasteiger charge is -2.91. The monoisotopic (exact) mass is 339 g/mol. The first-order valence-corrected chi connectivity index (χ1v) is 10.3. The number of aromatic nitrogens is 3. The molecule has 6 aliphatic carbocycles. The van der Waals surface area contributed by atoms with Crippen molar-refractivity contribution in [1.29, 1.82) is 0 Å². The Bertz CT molecular complexity index is 936. The van der Waals surface area contributed by atoms with E-state index in [0.717, 1.165) is 48.3 Å². The maximum atomic E-state index is 13.4. The molecule has 0 amide bonds. The van der Waals surface area contributed by atoms with Crippen molar-refractivity contribution < 1.29 is 0 Å². The Hall–Kier alpha value is -1.26. The zero-order valence-corrected chi connectivity index (χ0v) is 15.1. The van der Waals surface area contributed by atoms with Gasteiger partial charge in [0.15, 0.2) is 0 Å². The van der Waals surface area contributed by atoms with Crippen molar-refractivity contribution in [3.8, 4) is 0 Å². The largest absolute Gasteiger partial charge is 0.347 e. The first-order chi connectivity index (χ1) is 11.9. The molecule has 0 N–H and O–H groups in total. The Labute approximate surface area is 146 Å². The van der Waals surface area contributed by atoms with Crippen LogP contribution in [-0.2, 0) is 0 Å². The third kappa shape index (κ3) is 0.875. The summed E-state index contributed by atoms with van der Waals surface area (Å²) < 4.78 is 5.62. The van der Waals surface area contributed by atoms with Crippen molar-refractivity contribution >= 4 is 0 Å². The van der Waals surface area contributed by atoms with E-state index in [1.165, 1.54) is 6.42 Å². The summed E-state index contributed by atoms with van der Waals surface area (Å²) in [5, 5.41) is 0. The minimum Gasteiger partial charge on any atom is -0.246 e. The highest BCUT2D eigenvalue weighted by Gasteiger charge is 2.90. The fourth-order valence-electron chi connectivity index (χ4n) is 9.82. The van der Waals surface area contributed by atoms with Crippen LogP contribution in [0.3, 0.4) is 0 Å². The lowest BCUT2D eigenvalue weighted by atomic mass is 9.16. The molecule has 132 valence electrons. The van der Waals surface area contributed by atoms with Crippen LogP contribution in [0.25, 0.3) is 0 Å². The summed E-state index contributed by atoms with van der Waals surface area (Å²) in [5.74, 6) is 5.47. The molecule has 4 unspecified atom stereocenters. The molecular weight excluding hydrogens is 314 g/mol. The summed E-state index contributed by atoms with van der Waals surface area (Å²) in [7, 11) is 0. The maximum Gasteiger partial charge on any atom is 0.347 e. The highest BCUT2D eigenvalue weighted by atomic mass is 16.2. The first-order valence-electron chi connectivity index (χ1n) is 10.3. The Kier molecular flexibility index (Phi) is 1.62. The van der Waals surface area contributed by atoms with E-state index in [1.54, 1.807) is 4.57 Å². The van der Waals surface area contributed by atoms with Crippen LogP contribution >= 0.6 is 0 Å². The van der Waals surface area contributed by atoms with Gasteiger partial charge < -0.3 is 0 Å². The van der Waals surface area contributed by atoms with Crippen LogP contribution in [-0.4, -0.2) is 13.9 Å². The zero-order valence-electron chi connectivity index (χ0n) is 15.1. The van der Waals surface area contributed by atoms with Gasteiger partial charge in [-0.15, -0.1) is 0 Å². The molecule has 11 atom stereocenters. The summed E-state index contributed by atoms with van der Waals surface area (Å²) in [5.41, 5.74) is 0.361. The first kappa shape index (κ1) is 13.0. The SMILES string of the molecule is CC1(C)[C@H]2CC[C@@]1(C)[C@H](n1c(=O)n3n(c1=O)C1[C@H]4C5C6[C@@H]4C3[C@@H]6[C@@H]51)C2. The number of fused-ring (bicyclic) bond motifs is 2. The molecule has 9 rings (SSSR count). The molecule has 0 spiro atoms. The normalized spacial score (nSPS) is 61.7. The predicted molar refractivity (Wildman–Crippen MR) is 90.2 cm³/mol. The predicted octanol–water partition coefficient (Wildman–Crippen LogP) is 2.05. The number of hydrogen-bond donors (Lipinski definition) is 0. The minimum absolute atomic E-state index is 0.0280. The third-order valence-corrected chi connectivity index (χ3v) is 11.3. The molecule has 8 aliphatic rings. The van der Waals surface area contributed by atoms with Crippen molar-refractivity contribution in [2.24, 2.45) is 52.3 Å². The van der Waals surface area contributed by atoms with E-state index >= 15 is 0 Å². The van der Waals surface area contributed by atoms with Gasteiger partial charge in [-0.2, -0.15) is 0 Å². The topological polar surface area (TPSA) is 48.9 Å². The van der Waals surface area contributed by atoms with Crippen LogP contribution in [0.1, 0.15) is 58.2 Å². The maximum absolute atomic E-state index is 13.4. The lowest BCUT2D eigenvalue weighted by Crippen LogP contribution is -2.91. The van der Waals surface area contributed by atoms with Crippen molar-refractivity contribution in [3.63, 3.8) is 0 Å². The van der Waals surface area contributed by atoms with Crippen LogP contribution < -0.4 is 11.4 Å². The van der Waals surface area contributed by atoms with Crippen molar-refractivity contribution in [2.45, 2.75) is 58.2 Å². The van der Waals surface area contributed by atoms with Gasteiger partial charge in [0.2, 0.25) is 0 Å². The Morgan fingerprint density at radius 1 is 0.840 bits per heavy atom. The van der Waals surface area contributed by atoms with E-state index in [2.05, 4.69) is 20.8 Å². The van der Waals surface area contributed by atoms with Gasteiger partial charge in [-0.05, 0) is 71.5 Å². The molecule has 5 heteroatoms. The Morgan fingerprint density at radius 3 is 1.76 bits per heavy atom. The van der Waals surface area contributed by atoms with E-state index in [-0.39, 0.29) is 28.3 Å². The molecule has 6 fully saturated rings. The number of rotatable bonds is 1. The summed E-state index contributed by atoms with van der Waals surface area (Å²) in [6, 6.07) is 0.845. The van der Waals surface area contributed by atoms with Crippen LogP contribution in [0.4, 0.5) is 0 Å². The summed E-state index contributed by atoms with van der Waals surface area (Å²) in [4.78, 5) is 26.9. The van der Waals surface area contributed by atoms with Gasteiger partial charge in [-0.1, -0.05) is 20.8 Å². The summed E-state index contributed by atoms with van der Waals surface area (Å²) in [6.45, 7) is 7.06. The molecular formula is C20H25N3O2. The van der Waals surface area contributed by atoms with E-state index in [4.69, 9.17) is 0 Å². The van der Waals surface area contributed by atoms with E-state index in [9.17, 15) is 9.59 Å². The van der Waals surface area contributed by atoms with Crippen LogP contribution in [0.5, 0.6) is 0 Å². The lowest BCUT2D eigenvalue weighted by molar-refractivity contribution is -0.450. The summed E-state index contributed by atoms with van der Waals surface area (Å²) >= 11 is 0. The van der Waals surface area contributed by atoms with Gasteiger partial charge in [0.25, 0.3) is 0 Å². The van der Waals surface area contributed by atoms with Crippen LogP contribution in [0, 0.1) is 52.3 Å². The standard InChI is InChI=1S/C20H25N3O2/c1-19(2)7-4-5-20(19,3)8(6-7)21-17(24)22-15-11-9-10-13(11)16(14(10)12(9)15)23(22)18(21)25/h7-16H,4-6H2,1-3H3/t7-,8+,9?,10?,11-,12-,13-,14+,15?,16?,20-/m0/s1. The Morgan fingerprint density at radius 2 is 1.36 bits per heavy atom. The molecule has 1 aromatic rings. The van der Waals surface area contributed by atoms with E-state index in [1.807, 2.05) is 9.36 Å². The highest BCUT2D eigenvalue weighted by molar-refractivity contribution is 5.37. The van der Waals surface area contributed by atoms with Gasteiger partial charge >= 0.3 is 11.4 Å². The van der Waals surface area contributed by atoms with Gasteiger partial charge in [0.05, 0.1) is 12.1 Å². The quantitative estimate of drug-likeness (QED) is 0.786. The van der Waals surface area contributed by atoms with Gasteiger partial charge in [-0.3, -0.25) is 0 Å². The Balaban J connectivity index is 1.36. The molecule has 0 aromatic carbocycles. The smallest absolute Gasteiger partial charge is 0.246 e. The van der Waals surface area contributed by atoms with Crippen molar-refractivity contribution in [1.82, 2.24) is 13.9 Å². The fraction of sp³-hybridized carbons (Fsp3) is 0.900. The van der Waals surface area contributed by atoms with Crippen LogP contribution in [0.2, 0.25) is 0 Å². The molecule has 0 saturated heterocycles. The average molecular weight is 339 g/mol. The number of hydrogen-bond acceptors (Lipinski definition) is 2. The highest BCUT2D eigenvalue weighted by Crippen LogP contribution is 2.91. The third-order valence-electron chi connectivity index (χ3n) is 11.3. The summed E-state index contributed by atoms with van der Waals surface area (Å²) in [6.07, 6.45) is 3.43. The van der Waals surface area contributed by atoms with Gasteiger partial charge in [0.1, 0.15) is 0 Å². The number of nitrogens with zero attached hydrogens (tertiary/aromatic N) is 3.